The summed E-state index contributed by atoms with van der Waals surface area (Å²) < 4.78 is 5.74. The fourth-order valence-corrected chi connectivity index (χ4v) is 2.68. The smallest absolute Gasteiger partial charge is 0.0593 e. The SMILES string of the molecule is CC(C)CNCCCCCCOCCN1CCCCC1. The third-order valence-electron chi connectivity index (χ3n) is 3.95. The average Bonchev–Trinajstić information content (AvgIpc) is 2.45. The highest BCUT2D eigenvalue weighted by molar-refractivity contribution is 4.63. The molecule has 120 valence electrons. The molecule has 0 atom stereocenters. The monoisotopic (exact) mass is 284 g/mol. The van der Waals surface area contributed by atoms with Gasteiger partial charge in [-0.1, -0.05) is 33.1 Å². The number of nitrogens with one attached hydrogen (secondary N) is 1. The number of nitrogens with zero attached hydrogens (tertiary/aromatic N) is 1. The summed E-state index contributed by atoms with van der Waals surface area (Å²) in [4.78, 5) is 2.55. The van der Waals surface area contributed by atoms with Crippen molar-refractivity contribution in [3.63, 3.8) is 0 Å². The molecular formula is C17H36N2O. The van der Waals surface area contributed by atoms with Gasteiger partial charge in [0.1, 0.15) is 0 Å². The Bertz CT molecular complexity index is 203. The van der Waals surface area contributed by atoms with Gasteiger partial charge in [-0.15, -0.1) is 0 Å². The summed E-state index contributed by atoms with van der Waals surface area (Å²) in [7, 11) is 0. The fourth-order valence-electron chi connectivity index (χ4n) is 2.68. The molecule has 0 spiro atoms. The van der Waals surface area contributed by atoms with Crippen molar-refractivity contribution in [1.82, 2.24) is 10.2 Å². The molecule has 0 aromatic heterocycles. The maximum Gasteiger partial charge on any atom is 0.0593 e. The molecule has 20 heavy (non-hydrogen) atoms. The first-order valence-electron chi connectivity index (χ1n) is 8.80. The van der Waals surface area contributed by atoms with Crippen molar-refractivity contribution in [3.8, 4) is 0 Å². The van der Waals surface area contributed by atoms with E-state index in [1.165, 1.54) is 64.6 Å². The molecule has 1 N–H and O–H groups in total. The van der Waals surface area contributed by atoms with Crippen LogP contribution in [0.5, 0.6) is 0 Å². The van der Waals surface area contributed by atoms with E-state index in [1.807, 2.05) is 0 Å². The van der Waals surface area contributed by atoms with Crippen LogP contribution in [-0.4, -0.2) is 50.8 Å². The number of piperidine rings is 1. The Morgan fingerprint density at radius 3 is 2.45 bits per heavy atom. The van der Waals surface area contributed by atoms with Crippen LogP contribution in [0.1, 0.15) is 58.8 Å². The third kappa shape index (κ3) is 10.6. The number of unbranched alkanes of at least 4 members (excludes halogenated alkanes) is 3. The molecule has 1 heterocycles. The van der Waals surface area contributed by atoms with Crippen LogP contribution < -0.4 is 5.32 Å². The normalized spacial score (nSPS) is 16.9. The van der Waals surface area contributed by atoms with E-state index in [0.29, 0.717) is 0 Å². The predicted octanol–water partition coefficient (Wildman–Crippen LogP) is 3.29. The van der Waals surface area contributed by atoms with Gasteiger partial charge in [-0.2, -0.15) is 0 Å². The lowest BCUT2D eigenvalue weighted by Crippen LogP contribution is -2.32. The minimum atomic E-state index is 0.767. The summed E-state index contributed by atoms with van der Waals surface area (Å²) in [5.74, 6) is 0.767. The second-order valence-electron chi connectivity index (χ2n) is 6.53. The molecule has 0 aliphatic carbocycles. The van der Waals surface area contributed by atoms with Gasteiger partial charge >= 0.3 is 0 Å². The Hall–Kier alpha value is -0.120. The lowest BCUT2D eigenvalue weighted by molar-refractivity contribution is 0.0938. The number of likely N-dealkylation sites (tertiary alicyclic amines) is 1. The zero-order valence-electron chi connectivity index (χ0n) is 13.8. The molecule has 1 aliphatic heterocycles. The average molecular weight is 284 g/mol. The van der Waals surface area contributed by atoms with E-state index in [1.54, 1.807) is 0 Å². The van der Waals surface area contributed by atoms with Gasteiger partial charge < -0.3 is 15.0 Å². The molecule has 1 aliphatic rings. The highest BCUT2D eigenvalue weighted by Crippen LogP contribution is 2.07. The van der Waals surface area contributed by atoms with Crippen molar-refractivity contribution >= 4 is 0 Å². The molecule has 0 aromatic rings. The van der Waals surface area contributed by atoms with Crippen LogP contribution >= 0.6 is 0 Å². The number of ether oxygens (including phenoxy) is 1. The largest absolute Gasteiger partial charge is 0.380 e. The zero-order valence-corrected chi connectivity index (χ0v) is 13.8. The van der Waals surface area contributed by atoms with E-state index in [4.69, 9.17) is 4.74 Å². The van der Waals surface area contributed by atoms with Crippen LogP contribution in [0.15, 0.2) is 0 Å². The molecular weight excluding hydrogens is 248 g/mol. The first-order chi connectivity index (χ1) is 9.79. The van der Waals surface area contributed by atoms with E-state index in [-0.39, 0.29) is 0 Å². The molecule has 1 rings (SSSR count). The van der Waals surface area contributed by atoms with E-state index in [9.17, 15) is 0 Å². The summed E-state index contributed by atoms with van der Waals surface area (Å²) >= 11 is 0. The van der Waals surface area contributed by atoms with E-state index in [2.05, 4.69) is 24.1 Å². The molecule has 3 nitrogen and oxygen atoms in total. The van der Waals surface area contributed by atoms with Gasteiger partial charge in [0, 0.05) is 13.2 Å². The van der Waals surface area contributed by atoms with Crippen molar-refractivity contribution in [2.24, 2.45) is 5.92 Å². The highest BCUT2D eigenvalue weighted by Gasteiger charge is 2.08. The highest BCUT2D eigenvalue weighted by atomic mass is 16.5. The Labute approximate surface area is 126 Å². The van der Waals surface area contributed by atoms with E-state index < -0.39 is 0 Å². The van der Waals surface area contributed by atoms with Crippen molar-refractivity contribution in [2.45, 2.75) is 58.8 Å². The quantitative estimate of drug-likeness (QED) is 0.557. The fraction of sp³-hybridized carbons (Fsp3) is 1.00. The minimum Gasteiger partial charge on any atom is -0.380 e. The van der Waals surface area contributed by atoms with Gasteiger partial charge in [-0.3, -0.25) is 0 Å². The maximum absolute atomic E-state index is 5.74. The first kappa shape index (κ1) is 17.9. The standard InChI is InChI=1S/C17H36N2O/c1-17(2)16-18-10-6-3-4-9-14-20-15-13-19-11-7-5-8-12-19/h17-18H,3-16H2,1-2H3. The zero-order chi connectivity index (χ0) is 14.5. The summed E-state index contributed by atoms with van der Waals surface area (Å²) in [5.41, 5.74) is 0. The summed E-state index contributed by atoms with van der Waals surface area (Å²) in [6.07, 6.45) is 9.36. The van der Waals surface area contributed by atoms with Gasteiger partial charge in [-0.05, 0) is 57.8 Å². The first-order valence-corrected chi connectivity index (χ1v) is 8.80. The van der Waals surface area contributed by atoms with Crippen LogP contribution in [0.3, 0.4) is 0 Å². The second-order valence-corrected chi connectivity index (χ2v) is 6.53. The van der Waals surface area contributed by atoms with Gasteiger partial charge in [0.05, 0.1) is 6.61 Å². The van der Waals surface area contributed by atoms with Gasteiger partial charge in [0.15, 0.2) is 0 Å². The molecule has 0 radical (unpaired) electrons. The number of hydrogen-bond donors (Lipinski definition) is 1. The van der Waals surface area contributed by atoms with Crippen molar-refractivity contribution < 1.29 is 4.74 Å². The lowest BCUT2D eigenvalue weighted by Gasteiger charge is -2.26. The predicted molar refractivity (Wildman–Crippen MR) is 87.3 cm³/mol. The van der Waals surface area contributed by atoms with Crippen molar-refractivity contribution in [1.29, 1.82) is 0 Å². The van der Waals surface area contributed by atoms with Crippen LogP contribution in [0.25, 0.3) is 0 Å². The summed E-state index contributed by atoms with van der Waals surface area (Å²) in [6, 6.07) is 0. The summed E-state index contributed by atoms with van der Waals surface area (Å²) in [6.45, 7) is 12.4. The second kappa shape index (κ2) is 12.6. The van der Waals surface area contributed by atoms with Crippen molar-refractivity contribution in [2.75, 3.05) is 45.9 Å². The minimum absolute atomic E-state index is 0.767. The molecule has 1 saturated heterocycles. The lowest BCUT2D eigenvalue weighted by atomic mass is 10.1. The molecule has 0 amide bonds. The van der Waals surface area contributed by atoms with E-state index >= 15 is 0 Å². The van der Waals surface area contributed by atoms with Crippen LogP contribution in [0.4, 0.5) is 0 Å². The van der Waals surface area contributed by atoms with Gasteiger partial charge in [-0.25, -0.2) is 0 Å². The van der Waals surface area contributed by atoms with Gasteiger partial charge in [0.25, 0.3) is 0 Å². The van der Waals surface area contributed by atoms with Gasteiger partial charge in [0.2, 0.25) is 0 Å². The Morgan fingerprint density at radius 1 is 0.950 bits per heavy atom. The molecule has 0 bridgehead atoms. The van der Waals surface area contributed by atoms with Crippen LogP contribution in [0.2, 0.25) is 0 Å². The third-order valence-corrected chi connectivity index (χ3v) is 3.95. The van der Waals surface area contributed by atoms with Crippen LogP contribution in [0, 0.1) is 5.92 Å². The van der Waals surface area contributed by atoms with Crippen molar-refractivity contribution in [3.05, 3.63) is 0 Å². The Morgan fingerprint density at radius 2 is 1.70 bits per heavy atom. The molecule has 3 heteroatoms. The van der Waals surface area contributed by atoms with E-state index in [0.717, 1.165) is 32.2 Å². The van der Waals surface area contributed by atoms with Crippen LogP contribution in [-0.2, 0) is 4.74 Å². The summed E-state index contributed by atoms with van der Waals surface area (Å²) in [5, 5.41) is 3.50. The number of rotatable bonds is 12. The molecule has 0 unspecified atom stereocenters. The number of hydrogen-bond acceptors (Lipinski definition) is 3. The maximum atomic E-state index is 5.74. The Kier molecular flexibility index (Phi) is 11.3. The molecule has 0 aromatic carbocycles. The Balaban J connectivity index is 1.72. The topological polar surface area (TPSA) is 24.5 Å². The molecule has 1 fully saturated rings. The molecule has 0 saturated carbocycles.